The summed E-state index contributed by atoms with van der Waals surface area (Å²) in [6.45, 7) is 0. The molecule has 0 aliphatic heterocycles. The van der Waals surface area contributed by atoms with Crippen LogP contribution in [0.2, 0.25) is 0 Å². The number of hydrogen-bond donors (Lipinski definition) is 2. The minimum absolute atomic E-state index is 0.195. The Morgan fingerprint density at radius 2 is 2.12 bits per heavy atom. The molecule has 0 atom stereocenters. The van der Waals surface area contributed by atoms with Gasteiger partial charge in [-0.15, -0.1) is 0 Å². The SMILES string of the molecule is CNS(=O)(=O)CC1CCC(N(C)c2c(C#N)cnc3[nH]ccc23)CC1. The van der Waals surface area contributed by atoms with Crippen molar-refractivity contribution in [3.05, 3.63) is 24.0 Å². The van der Waals surface area contributed by atoms with Crippen LogP contribution in [0, 0.1) is 17.2 Å². The molecule has 1 aliphatic carbocycles. The fourth-order valence-corrected chi connectivity index (χ4v) is 4.85. The molecule has 0 bridgehead atoms. The molecule has 2 N–H and O–H groups in total. The van der Waals surface area contributed by atoms with Crippen LogP contribution in [-0.4, -0.2) is 44.3 Å². The Kier molecular flexibility index (Phi) is 4.97. The third kappa shape index (κ3) is 3.62. The quantitative estimate of drug-likeness (QED) is 0.848. The molecule has 1 aliphatic rings. The zero-order chi connectivity index (χ0) is 18.0. The summed E-state index contributed by atoms with van der Waals surface area (Å²) in [7, 11) is 0.314. The minimum atomic E-state index is -3.16. The average Bonchev–Trinajstić information content (AvgIpc) is 3.09. The molecule has 0 spiro atoms. The van der Waals surface area contributed by atoms with E-state index in [9.17, 15) is 13.7 Å². The van der Waals surface area contributed by atoms with Gasteiger partial charge in [0.1, 0.15) is 11.7 Å². The highest BCUT2D eigenvalue weighted by molar-refractivity contribution is 7.89. The van der Waals surface area contributed by atoms with Crippen LogP contribution in [0.3, 0.4) is 0 Å². The van der Waals surface area contributed by atoms with Crippen LogP contribution in [0.25, 0.3) is 11.0 Å². The molecule has 8 heteroatoms. The Morgan fingerprint density at radius 3 is 2.76 bits per heavy atom. The maximum atomic E-state index is 11.7. The van der Waals surface area contributed by atoms with Crippen molar-refractivity contribution in [2.75, 3.05) is 24.7 Å². The molecule has 2 aromatic heterocycles. The van der Waals surface area contributed by atoms with Gasteiger partial charge in [0.15, 0.2) is 0 Å². The number of sulfonamides is 1. The lowest BCUT2D eigenvalue weighted by molar-refractivity contribution is 0.341. The number of fused-ring (bicyclic) bond motifs is 1. The summed E-state index contributed by atoms with van der Waals surface area (Å²) >= 11 is 0. The van der Waals surface area contributed by atoms with Gasteiger partial charge in [0, 0.05) is 30.9 Å². The van der Waals surface area contributed by atoms with E-state index in [-0.39, 0.29) is 11.7 Å². The van der Waals surface area contributed by atoms with Gasteiger partial charge in [-0.2, -0.15) is 5.26 Å². The van der Waals surface area contributed by atoms with Gasteiger partial charge in [0.2, 0.25) is 10.0 Å². The number of aromatic amines is 1. The van der Waals surface area contributed by atoms with Crippen molar-refractivity contribution in [3.63, 3.8) is 0 Å². The van der Waals surface area contributed by atoms with Crippen LogP contribution >= 0.6 is 0 Å². The molecule has 2 heterocycles. The molecule has 0 saturated heterocycles. The molecule has 0 amide bonds. The van der Waals surface area contributed by atoms with Crippen molar-refractivity contribution in [2.24, 2.45) is 5.92 Å². The van der Waals surface area contributed by atoms with Gasteiger partial charge >= 0.3 is 0 Å². The number of nitrogens with one attached hydrogen (secondary N) is 2. The van der Waals surface area contributed by atoms with Gasteiger partial charge in [-0.1, -0.05) is 0 Å². The van der Waals surface area contributed by atoms with Crippen molar-refractivity contribution >= 4 is 26.7 Å². The molecule has 1 fully saturated rings. The first-order chi connectivity index (χ1) is 11.9. The molecule has 1 saturated carbocycles. The van der Waals surface area contributed by atoms with E-state index in [1.54, 1.807) is 6.20 Å². The standard InChI is InChI=1S/C17H23N5O2S/c1-19-25(23,24)11-12-3-5-14(6-4-12)22(2)16-13(9-18)10-21-17-15(16)7-8-20-17/h7-8,10,12,14,19H,3-6,11H2,1-2H3,(H,20,21). The maximum absolute atomic E-state index is 11.7. The number of nitriles is 1. The zero-order valence-corrected chi connectivity index (χ0v) is 15.3. The number of aromatic nitrogens is 2. The van der Waals surface area contributed by atoms with Crippen molar-refractivity contribution in [1.29, 1.82) is 5.26 Å². The summed E-state index contributed by atoms with van der Waals surface area (Å²) in [5.41, 5.74) is 2.24. The van der Waals surface area contributed by atoms with Crippen molar-refractivity contribution in [2.45, 2.75) is 31.7 Å². The molecule has 7 nitrogen and oxygen atoms in total. The smallest absolute Gasteiger partial charge is 0.211 e. The normalized spacial score (nSPS) is 21.2. The second-order valence-corrected chi connectivity index (χ2v) is 8.61. The molecule has 2 aromatic rings. The first-order valence-corrected chi connectivity index (χ1v) is 10.1. The van der Waals surface area contributed by atoms with Gasteiger partial charge in [-0.25, -0.2) is 18.1 Å². The predicted octanol–water partition coefficient (Wildman–Crippen LogP) is 1.98. The third-order valence-corrected chi connectivity index (χ3v) is 6.69. The van der Waals surface area contributed by atoms with Crippen molar-refractivity contribution in [3.8, 4) is 6.07 Å². The lowest BCUT2D eigenvalue weighted by Crippen LogP contribution is -2.37. The Hall–Kier alpha value is -2.11. The molecule has 3 rings (SSSR count). The van der Waals surface area contributed by atoms with Gasteiger partial charge in [-0.3, -0.25) is 0 Å². The number of anilines is 1. The van der Waals surface area contributed by atoms with E-state index in [0.717, 1.165) is 42.4 Å². The highest BCUT2D eigenvalue weighted by Crippen LogP contribution is 2.34. The summed E-state index contributed by atoms with van der Waals surface area (Å²) in [6.07, 6.45) is 7.02. The highest BCUT2D eigenvalue weighted by Gasteiger charge is 2.28. The Bertz CT molecular complexity index is 891. The summed E-state index contributed by atoms with van der Waals surface area (Å²) in [6, 6.07) is 4.48. The number of nitrogens with zero attached hydrogens (tertiary/aromatic N) is 3. The third-order valence-electron chi connectivity index (χ3n) is 5.16. The summed E-state index contributed by atoms with van der Waals surface area (Å²) < 4.78 is 25.9. The lowest BCUT2D eigenvalue weighted by Gasteiger charge is -2.36. The van der Waals surface area contributed by atoms with E-state index in [4.69, 9.17) is 0 Å². The van der Waals surface area contributed by atoms with Gasteiger partial charge in [0.25, 0.3) is 0 Å². The Morgan fingerprint density at radius 1 is 1.40 bits per heavy atom. The van der Waals surface area contributed by atoms with Crippen LogP contribution in [-0.2, 0) is 10.0 Å². The van der Waals surface area contributed by atoms with E-state index in [2.05, 4.69) is 25.7 Å². The van der Waals surface area contributed by atoms with Crippen LogP contribution in [0.5, 0.6) is 0 Å². The van der Waals surface area contributed by atoms with Gasteiger partial charge in [-0.05, 0) is 44.7 Å². The topological polar surface area (TPSA) is 102 Å². The fraction of sp³-hybridized carbons (Fsp3) is 0.529. The number of hydrogen-bond acceptors (Lipinski definition) is 5. The van der Waals surface area contributed by atoms with Crippen molar-refractivity contribution in [1.82, 2.24) is 14.7 Å². The van der Waals surface area contributed by atoms with E-state index < -0.39 is 10.0 Å². The molecule has 0 aromatic carbocycles. The van der Waals surface area contributed by atoms with E-state index in [1.165, 1.54) is 7.05 Å². The molecule has 25 heavy (non-hydrogen) atoms. The molecular weight excluding hydrogens is 338 g/mol. The summed E-state index contributed by atoms with van der Waals surface area (Å²) in [5, 5.41) is 10.4. The summed E-state index contributed by atoms with van der Waals surface area (Å²) in [5.74, 6) is 0.392. The van der Waals surface area contributed by atoms with Gasteiger partial charge < -0.3 is 9.88 Å². The second kappa shape index (κ2) is 7.02. The van der Waals surface area contributed by atoms with E-state index in [0.29, 0.717) is 11.6 Å². The van der Waals surface area contributed by atoms with Crippen molar-refractivity contribution < 1.29 is 8.42 Å². The molecule has 134 valence electrons. The Balaban J connectivity index is 1.77. The number of pyridine rings is 1. The Labute approximate surface area is 148 Å². The maximum Gasteiger partial charge on any atom is 0.211 e. The summed E-state index contributed by atoms with van der Waals surface area (Å²) in [4.78, 5) is 9.54. The fourth-order valence-electron chi connectivity index (χ4n) is 3.73. The lowest BCUT2D eigenvalue weighted by atomic mass is 9.86. The number of rotatable bonds is 5. The van der Waals surface area contributed by atoms with E-state index >= 15 is 0 Å². The van der Waals surface area contributed by atoms with Crippen LogP contribution in [0.1, 0.15) is 31.2 Å². The van der Waals surface area contributed by atoms with Crippen LogP contribution in [0.4, 0.5) is 5.69 Å². The average molecular weight is 361 g/mol. The van der Waals surface area contributed by atoms with Crippen LogP contribution < -0.4 is 9.62 Å². The first-order valence-electron chi connectivity index (χ1n) is 8.45. The molecule has 0 radical (unpaired) electrons. The second-order valence-electron chi connectivity index (χ2n) is 6.64. The monoisotopic (exact) mass is 361 g/mol. The minimum Gasteiger partial charge on any atom is -0.370 e. The van der Waals surface area contributed by atoms with Gasteiger partial charge in [0.05, 0.1) is 17.0 Å². The highest BCUT2D eigenvalue weighted by atomic mass is 32.2. The largest absolute Gasteiger partial charge is 0.370 e. The molecule has 0 unspecified atom stereocenters. The van der Waals surface area contributed by atoms with Crippen LogP contribution in [0.15, 0.2) is 18.5 Å². The molecular formula is C17H23N5O2S. The zero-order valence-electron chi connectivity index (χ0n) is 14.5. The number of H-pyrrole nitrogens is 1. The van der Waals surface area contributed by atoms with E-state index in [1.807, 2.05) is 19.3 Å². The predicted molar refractivity (Wildman–Crippen MR) is 97.8 cm³/mol. The first kappa shape index (κ1) is 17.7.